The van der Waals surface area contributed by atoms with Crippen LogP contribution >= 0.6 is 0 Å². The highest BCUT2D eigenvalue weighted by Crippen LogP contribution is 2.21. The summed E-state index contributed by atoms with van der Waals surface area (Å²) < 4.78 is 24.6. The lowest BCUT2D eigenvalue weighted by atomic mass is 10.2. The molecule has 84 valence electrons. The van der Waals surface area contributed by atoms with E-state index in [9.17, 15) is 8.42 Å². The monoisotopic (exact) mass is 229 g/mol. The molecular weight excluding hydrogens is 214 g/mol. The van der Waals surface area contributed by atoms with E-state index in [0.717, 1.165) is 31.5 Å². The molecule has 6 heteroatoms. The van der Waals surface area contributed by atoms with Gasteiger partial charge in [0.05, 0.1) is 5.69 Å². The van der Waals surface area contributed by atoms with Crippen LogP contribution in [0.25, 0.3) is 0 Å². The number of hydrogen-bond acceptors (Lipinski definition) is 3. The van der Waals surface area contributed by atoms with Crippen molar-refractivity contribution in [2.24, 2.45) is 5.14 Å². The fourth-order valence-corrected chi connectivity index (χ4v) is 3.09. The molecule has 1 aromatic rings. The fraction of sp³-hybridized carbons (Fsp3) is 0.667. The molecule has 0 saturated carbocycles. The lowest BCUT2D eigenvalue weighted by Gasteiger charge is -2.06. The van der Waals surface area contributed by atoms with Crippen molar-refractivity contribution >= 4 is 10.0 Å². The molecule has 0 spiro atoms. The van der Waals surface area contributed by atoms with Crippen LogP contribution in [0.4, 0.5) is 0 Å². The first kappa shape index (κ1) is 10.6. The van der Waals surface area contributed by atoms with Gasteiger partial charge in [0.15, 0.2) is 5.03 Å². The minimum absolute atomic E-state index is 0.194. The Morgan fingerprint density at radius 2 is 2.07 bits per heavy atom. The highest BCUT2D eigenvalue weighted by atomic mass is 32.2. The van der Waals surface area contributed by atoms with Crippen LogP contribution in [0, 0.1) is 6.92 Å². The molecule has 0 atom stereocenters. The lowest BCUT2D eigenvalue weighted by Crippen LogP contribution is -2.19. The zero-order valence-electron chi connectivity index (χ0n) is 8.73. The van der Waals surface area contributed by atoms with Crippen LogP contribution in [-0.2, 0) is 23.0 Å². The van der Waals surface area contributed by atoms with Crippen molar-refractivity contribution < 1.29 is 8.42 Å². The van der Waals surface area contributed by atoms with Crippen LogP contribution < -0.4 is 5.14 Å². The first-order valence-corrected chi connectivity index (χ1v) is 6.63. The van der Waals surface area contributed by atoms with E-state index in [-0.39, 0.29) is 5.03 Å². The summed E-state index contributed by atoms with van der Waals surface area (Å²) in [5.41, 5.74) is 0.523. The van der Waals surface area contributed by atoms with E-state index in [1.165, 1.54) is 0 Å². The van der Waals surface area contributed by atoms with Crippen LogP contribution in [0.2, 0.25) is 0 Å². The SMILES string of the molecule is Cc1nc2n(c1S(N)(=O)=O)CCCCC2. The maximum Gasteiger partial charge on any atom is 0.255 e. The lowest BCUT2D eigenvalue weighted by molar-refractivity contribution is 0.558. The highest BCUT2D eigenvalue weighted by Gasteiger charge is 2.23. The summed E-state index contributed by atoms with van der Waals surface area (Å²) in [6.45, 7) is 2.41. The van der Waals surface area contributed by atoms with Gasteiger partial charge < -0.3 is 4.57 Å². The summed E-state index contributed by atoms with van der Waals surface area (Å²) in [6.07, 6.45) is 4.02. The number of rotatable bonds is 1. The quantitative estimate of drug-likeness (QED) is 0.764. The van der Waals surface area contributed by atoms with Gasteiger partial charge in [-0.1, -0.05) is 6.42 Å². The molecule has 0 unspecified atom stereocenters. The summed E-state index contributed by atoms with van der Waals surface area (Å²) in [5.74, 6) is 0.856. The van der Waals surface area contributed by atoms with Crippen molar-refractivity contribution in [2.45, 2.75) is 44.2 Å². The molecule has 0 amide bonds. The predicted molar refractivity (Wildman–Crippen MR) is 55.9 cm³/mol. The standard InChI is InChI=1S/C9H15N3O2S/c1-7-9(15(10,13)14)12-6-4-2-3-5-8(12)11-7/h2-6H2,1H3,(H2,10,13,14). The molecule has 15 heavy (non-hydrogen) atoms. The number of fused-ring (bicyclic) bond motifs is 1. The van der Waals surface area contributed by atoms with Crippen molar-refractivity contribution in [3.63, 3.8) is 0 Å². The van der Waals surface area contributed by atoms with Crippen molar-refractivity contribution in [3.8, 4) is 0 Å². The van der Waals surface area contributed by atoms with Crippen LogP contribution in [0.5, 0.6) is 0 Å². The Balaban J connectivity index is 2.60. The number of primary sulfonamides is 1. The number of nitrogens with zero attached hydrogens (tertiary/aromatic N) is 2. The van der Waals surface area contributed by atoms with Crippen LogP contribution in [0.1, 0.15) is 30.8 Å². The molecule has 2 N–H and O–H groups in total. The van der Waals surface area contributed by atoms with E-state index in [0.29, 0.717) is 12.2 Å². The number of hydrogen-bond donors (Lipinski definition) is 1. The summed E-state index contributed by atoms with van der Waals surface area (Å²) in [5, 5.41) is 5.38. The van der Waals surface area contributed by atoms with E-state index >= 15 is 0 Å². The summed E-state index contributed by atoms with van der Waals surface area (Å²) in [7, 11) is -3.65. The molecule has 5 nitrogen and oxygen atoms in total. The van der Waals surface area contributed by atoms with Gasteiger partial charge in [0, 0.05) is 13.0 Å². The van der Waals surface area contributed by atoms with Gasteiger partial charge in [0.1, 0.15) is 5.82 Å². The Labute approximate surface area is 89.4 Å². The summed E-state index contributed by atoms with van der Waals surface area (Å²) >= 11 is 0. The Morgan fingerprint density at radius 1 is 1.33 bits per heavy atom. The Morgan fingerprint density at radius 3 is 2.73 bits per heavy atom. The van der Waals surface area contributed by atoms with E-state index in [4.69, 9.17) is 5.14 Å². The normalized spacial score (nSPS) is 17.2. The van der Waals surface area contributed by atoms with E-state index in [1.54, 1.807) is 11.5 Å². The molecule has 2 rings (SSSR count). The second kappa shape index (κ2) is 3.61. The van der Waals surface area contributed by atoms with Crippen molar-refractivity contribution in [1.82, 2.24) is 9.55 Å². The highest BCUT2D eigenvalue weighted by molar-refractivity contribution is 7.89. The Bertz CT molecular complexity index is 476. The number of aryl methyl sites for hydroxylation is 2. The predicted octanol–water partition coefficient (Wildman–Crippen LogP) is 0.565. The minimum atomic E-state index is -3.65. The van der Waals surface area contributed by atoms with Gasteiger partial charge in [-0.15, -0.1) is 0 Å². The maximum atomic E-state index is 11.4. The van der Waals surface area contributed by atoms with Crippen molar-refractivity contribution in [1.29, 1.82) is 0 Å². The molecular formula is C9H15N3O2S. The first-order valence-electron chi connectivity index (χ1n) is 5.09. The largest absolute Gasteiger partial charge is 0.318 e. The number of nitrogens with two attached hydrogens (primary N) is 1. The van der Waals surface area contributed by atoms with Crippen molar-refractivity contribution in [3.05, 3.63) is 11.5 Å². The Kier molecular flexibility index (Phi) is 2.56. The molecule has 0 aliphatic carbocycles. The van der Waals surface area contributed by atoms with Crippen LogP contribution in [0.3, 0.4) is 0 Å². The summed E-state index contributed by atoms with van der Waals surface area (Å²) in [4.78, 5) is 4.28. The van der Waals surface area contributed by atoms with Crippen molar-refractivity contribution in [2.75, 3.05) is 0 Å². The average Bonchev–Trinajstić information content (AvgIpc) is 2.30. The van der Waals surface area contributed by atoms with Gasteiger partial charge in [0.2, 0.25) is 0 Å². The zero-order valence-corrected chi connectivity index (χ0v) is 9.55. The minimum Gasteiger partial charge on any atom is -0.318 e. The Hall–Kier alpha value is -0.880. The van der Waals surface area contributed by atoms with Gasteiger partial charge >= 0.3 is 0 Å². The fourth-order valence-electron chi connectivity index (χ4n) is 2.13. The molecule has 2 heterocycles. The van der Waals surface area contributed by atoms with Gasteiger partial charge in [-0.25, -0.2) is 18.5 Å². The summed E-state index contributed by atoms with van der Waals surface area (Å²) in [6, 6.07) is 0. The second-order valence-corrected chi connectivity index (χ2v) is 5.40. The third-order valence-electron chi connectivity index (χ3n) is 2.71. The zero-order chi connectivity index (χ0) is 11.1. The molecule has 0 bridgehead atoms. The van der Waals surface area contributed by atoms with Crippen LogP contribution in [-0.4, -0.2) is 18.0 Å². The molecule has 0 fully saturated rings. The van der Waals surface area contributed by atoms with Gasteiger partial charge in [0.25, 0.3) is 10.0 Å². The third-order valence-corrected chi connectivity index (χ3v) is 3.77. The average molecular weight is 229 g/mol. The van der Waals surface area contributed by atoms with Gasteiger partial charge in [-0.05, 0) is 19.8 Å². The van der Waals surface area contributed by atoms with Gasteiger partial charge in [-0.3, -0.25) is 0 Å². The smallest absolute Gasteiger partial charge is 0.255 e. The molecule has 1 aliphatic heterocycles. The molecule has 0 radical (unpaired) electrons. The topological polar surface area (TPSA) is 78.0 Å². The van der Waals surface area contributed by atoms with E-state index in [2.05, 4.69) is 4.98 Å². The third kappa shape index (κ3) is 1.91. The molecule has 0 saturated heterocycles. The molecule has 1 aromatic heterocycles. The number of sulfonamides is 1. The maximum absolute atomic E-state index is 11.4. The van der Waals surface area contributed by atoms with E-state index < -0.39 is 10.0 Å². The second-order valence-electron chi connectivity index (χ2n) is 3.93. The number of aromatic nitrogens is 2. The van der Waals surface area contributed by atoms with E-state index in [1.807, 2.05) is 0 Å². The van der Waals surface area contributed by atoms with Gasteiger partial charge in [-0.2, -0.15) is 0 Å². The number of imidazole rings is 1. The molecule has 1 aliphatic rings. The first-order chi connectivity index (χ1) is 7.00. The van der Waals surface area contributed by atoms with Crippen LogP contribution in [0.15, 0.2) is 5.03 Å². The molecule has 0 aromatic carbocycles.